The molecule has 0 saturated carbocycles. The highest BCUT2D eigenvalue weighted by molar-refractivity contribution is 7.80. The van der Waals surface area contributed by atoms with Gasteiger partial charge < -0.3 is 18.9 Å². The molecule has 0 unspecified atom stereocenters. The average Bonchev–Trinajstić information content (AvgIpc) is 2.78. The molecule has 0 bridgehead atoms. The lowest BCUT2D eigenvalue weighted by molar-refractivity contribution is 0.288. The summed E-state index contributed by atoms with van der Waals surface area (Å²) >= 11 is 5.19. The molecule has 0 aromatic heterocycles. The summed E-state index contributed by atoms with van der Waals surface area (Å²) in [6, 6.07) is 11.2. The molecule has 8 nitrogen and oxygen atoms in total. The SMILES string of the molecule is CCOc1ccc(C=NNC(=S)NN=Cc2ccc(OCC)c(OCC)c2)cc1OCC. The molecule has 172 valence electrons. The molecular weight excluding hydrogens is 428 g/mol. The van der Waals surface area contributed by atoms with E-state index in [0.717, 1.165) is 11.1 Å². The van der Waals surface area contributed by atoms with Crippen LogP contribution in [0.4, 0.5) is 0 Å². The van der Waals surface area contributed by atoms with Gasteiger partial charge in [0.1, 0.15) is 0 Å². The fourth-order valence-corrected chi connectivity index (χ4v) is 2.76. The Morgan fingerprint density at radius 1 is 0.688 bits per heavy atom. The summed E-state index contributed by atoms with van der Waals surface area (Å²) in [6.07, 6.45) is 3.27. The predicted octanol–water partition coefficient (Wildman–Crippen LogP) is 4.11. The van der Waals surface area contributed by atoms with Crippen LogP contribution in [0.2, 0.25) is 0 Å². The van der Waals surface area contributed by atoms with Gasteiger partial charge in [-0.3, -0.25) is 10.9 Å². The Labute approximate surface area is 194 Å². The van der Waals surface area contributed by atoms with Gasteiger partial charge in [-0.15, -0.1) is 0 Å². The smallest absolute Gasteiger partial charge is 0.207 e. The molecule has 0 heterocycles. The second-order valence-electron chi connectivity index (χ2n) is 6.21. The Balaban J connectivity index is 1.91. The van der Waals surface area contributed by atoms with Gasteiger partial charge in [-0.1, -0.05) is 0 Å². The van der Waals surface area contributed by atoms with Gasteiger partial charge in [0.05, 0.1) is 38.9 Å². The van der Waals surface area contributed by atoms with E-state index in [1.807, 2.05) is 64.1 Å². The maximum Gasteiger partial charge on any atom is 0.207 e. The summed E-state index contributed by atoms with van der Waals surface area (Å²) in [7, 11) is 0. The number of nitrogens with zero attached hydrogens (tertiary/aromatic N) is 2. The molecule has 0 aliphatic heterocycles. The second kappa shape index (κ2) is 13.9. The number of benzene rings is 2. The molecule has 0 fully saturated rings. The van der Waals surface area contributed by atoms with Crippen molar-refractivity contribution in [2.75, 3.05) is 26.4 Å². The Hall–Kier alpha value is -3.33. The van der Waals surface area contributed by atoms with Crippen LogP contribution in [0.25, 0.3) is 0 Å². The Bertz CT molecular complexity index is 861. The van der Waals surface area contributed by atoms with Crippen molar-refractivity contribution >= 4 is 29.8 Å². The van der Waals surface area contributed by atoms with Crippen molar-refractivity contribution in [3.05, 3.63) is 47.5 Å². The molecule has 0 amide bonds. The minimum atomic E-state index is 0.254. The van der Waals surface area contributed by atoms with Gasteiger partial charge >= 0.3 is 0 Å². The number of hydrogen-bond donors (Lipinski definition) is 2. The number of rotatable bonds is 12. The molecule has 9 heteroatoms. The second-order valence-corrected chi connectivity index (χ2v) is 6.62. The van der Waals surface area contributed by atoms with E-state index in [-0.39, 0.29) is 5.11 Å². The normalized spacial score (nSPS) is 10.9. The van der Waals surface area contributed by atoms with Crippen molar-refractivity contribution in [1.29, 1.82) is 0 Å². The highest BCUT2D eigenvalue weighted by Crippen LogP contribution is 2.28. The molecule has 0 aliphatic carbocycles. The van der Waals surface area contributed by atoms with Crippen LogP contribution >= 0.6 is 12.2 Å². The van der Waals surface area contributed by atoms with Crippen molar-refractivity contribution in [2.45, 2.75) is 27.7 Å². The van der Waals surface area contributed by atoms with Crippen LogP contribution < -0.4 is 29.8 Å². The summed E-state index contributed by atoms with van der Waals surface area (Å²) in [5, 5.41) is 8.51. The summed E-state index contributed by atoms with van der Waals surface area (Å²) in [6.45, 7) is 9.94. The van der Waals surface area contributed by atoms with E-state index in [9.17, 15) is 0 Å². The van der Waals surface area contributed by atoms with E-state index in [4.69, 9.17) is 31.2 Å². The topological polar surface area (TPSA) is 85.7 Å². The first-order valence-corrected chi connectivity index (χ1v) is 10.9. The van der Waals surface area contributed by atoms with E-state index in [1.54, 1.807) is 12.4 Å². The van der Waals surface area contributed by atoms with E-state index in [2.05, 4.69) is 21.1 Å². The molecule has 0 spiro atoms. The first kappa shape index (κ1) is 24.9. The number of nitrogens with one attached hydrogen (secondary N) is 2. The zero-order valence-electron chi connectivity index (χ0n) is 18.9. The average molecular weight is 459 g/mol. The van der Waals surface area contributed by atoms with E-state index in [1.165, 1.54) is 0 Å². The Kier molecular flexibility index (Phi) is 10.8. The van der Waals surface area contributed by atoms with Crippen molar-refractivity contribution in [3.63, 3.8) is 0 Å². The maximum absolute atomic E-state index is 5.62. The third-order valence-corrected chi connectivity index (χ3v) is 4.08. The number of ether oxygens (including phenoxy) is 4. The third-order valence-electron chi connectivity index (χ3n) is 3.89. The quantitative estimate of drug-likeness (QED) is 0.281. The van der Waals surface area contributed by atoms with Gasteiger partial charge in [0.2, 0.25) is 5.11 Å². The van der Waals surface area contributed by atoms with Crippen LogP contribution in [0.1, 0.15) is 38.8 Å². The van der Waals surface area contributed by atoms with Crippen LogP contribution in [0.3, 0.4) is 0 Å². The van der Waals surface area contributed by atoms with Crippen LogP contribution in [0.5, 0.6) is 23.0 Å². The largest absolute Gasteiger partial charge is 0.490 e. The van der Waals surface area contributed by atoms with Gasteiger partial charge in [0.15, 0.2) is 23.0 Å². The van der Waals surface area contributed by atoms with Crippen LogP contribution in [-0.4, -0.2) is 44.0 Å². The van der Waals surface area contributed by atoms with E-state index >= 15 is 0 Å². The lowest BCUT2D eigenvalue weighted by Crippen LogP contribution is -2.28. The summed E-state index contributed by atoms with van der Waals surface area (Å²) in [4.78, 5) is 0. The minimum Gasteiger partial charge on any atom is -0.490 e. The third kappa shape index (κ3) is 8.07. The zero-order chi connectivity index (χ0) is 23.2. The van der Waals surface area contributed by atoms with Crippen LogP contribution in [-0.2, 0) is 0 Å². The molecule has 0 atom stereocenters. The summed E-state index contributed by atoms with van der Waals surface area (Å²) in [5.41, 5.74) is 7.13. The predicted molar refractivity (Wildman–Crippen MR) is 132 cm³/mol. The number of thiocarbonyl (C=S) groups is 1. The first-order chi connectivity index (χ1) is 15.6. The molecule has 0 radical (unpaired) electrons. The van der Waals surface area contributed by atoms with Crippen molar-refractivity contribution in [2.24, 2.45) is 10.2 Å². The van der Waals surface area contributed by atoms with Crippen molar-refractivity contribution < 1.29 is 18.9 Å². The molecule has 2 N–H and O–H groups in total. The van der Waals surface area contributed by atoms with Crippen LogP contribution in [0, 0.1) is 0 Å². The molecular formula is C23H30N4O4S. The summed E-state index contributed by atoms with van der Waals surface area (Å²) < 4.78 is 22.4. The van der Waals surface area contributed by atoms with E-state index < -0.39 is 0 Å². The highest BCUT2D eigenvalue weighted by Gasteiger charge is 2.06. The summed E-state index contributed by atoms with van der Waals surface area (Å²) in [5.74, 6) is 2.75. The van der Waals surface area contributed by atoms with Gasteiger partial charge in [-0.05, 0) is 87.4 Å². The van der Waals surface area contributed by atoms with Gasteiger partial charge in [0.25, 0.3) is 0 Å². The highest BCUT2D eigenvalue weighted by atomic mass is 32.1. The van der Waals surface area contributed by atoms with Gasteiger partial charge in [0, 0.05) is 0 Å². The molecule has 2 aromatic carbocycles. The molecule has 0 aliphatic rings. The van der Waals surface area contributed by atoms with E-state index in [0.29, 0.717) is 49.4 Å². The van der Waals surface area contributed by atoms with Gasteiger partial charge in [-0.25, -0.2) is 0 Å². The standard InChI is InChI=1S/C23H30N4O4S/c1-5-28-19-11-9-17(13-21(19)30-7-3)15-24-26-23(32)27-25-16-18-10-12-20(29-6-2)22(14-18)31-8-4/h9-16H,5-8H2,1-4H3,(H2,26,27,32). The van der Waals surface area contributed by atoms with Crippen molar-refractivity contribution in [3.8, 4) is 23.0 Å². The minimum absolute atomic E-state index is 0.254. The molecule has 32 heavy (non-hydrogen) atoms. The molecule has 2 aromatic rings. The first-order valence-electron chi connectivity index (χ1n) is 10.5. The Morgan fingerprint density at radius 3 is 1.44 bits per heavy atom. The zero-order valence-corrected chi connectivity index (χ0v) is 19.7. The number of hydrazone groups is 2. The van der Waals surface area contributed by atoms with Crippen molar-refractivity contribution in [1.82, 2.24) is 10.9 Å². The fraction of sp³-hybridized carbons (Fsp3) is 0.348. The van der Waals surface area contributed by atoms with Gasteiger partial charge in [-0.2, -0.15) is 10.2 Å². The molecule has 2 rings (SSSR count). The lowest BCUT2D eigenvalue weighted by Gasteiger charge is -2.11. The maximum atomic E-state index is 5.62. The fourth-order valence-electron chi connectivity index (χ4n) is 2.65. The lowest BCUT2D eigenvalue weighted by atomic mass is 10.2. The number of hydrogen-bond acceptors (Lipinski definition) is 7. The Morgan fingerprint density at radius 2 is 1.06 bits per heavy atom. The molecule has 0 saturated heterocycles. The monoisotopic (exact) mass is 458 g/mol. The van der Waals surface area contributed by atoms with Crippen LogP contribution in [0.15, 0.2) is 46.6 Å².